The van der Waals surface area contributed by atoms with Gasteiger partial charge in [-0.3, -0.25) is 9.59 Å². The number of rotatable bonds is 4. The zero-order valence-corrected chi connectivity index (χ0v) is 16.5. The van der Waals surface area contributed by atoms with Gasteiger partial charge in [0.25, 0.3) is 11.8 Å². The van der Waals surface area contributed by atoms with Crippen molar-refractivity contribution in [3.05, 3.63) is 39.7 Å². The summed E-state index contributed by atoms with van der Waals surface area (Å²) in [5.74, 6) is -1.56. The monoisotopic (exact) mass is 394 g/mol. The molecule has 1 unspecified atom stereocenters. The van der Waals surface area contributed by atoms with Crippen molar-refractivity contribution in [2.75, 3.05) is 19.0 Å². The number of halogens is 2. The Kier molecular flexibility index (Phi) is 5.28. The molecule has 0 saturated carbocycles. The van der Waals surface area contributed by atoms with Crippen LogP contribution in [0.25, 0.3) is 0 Å². The van der Waals surface area contributed by atoms with E-state index in [-0.39, 0.29) is 16.8 Å². The van der Waals surface area contributed by atoms with Crippen molar-refractivity contribution in [2.45, 2.75) is 38.6 Å². The topological polar surface area (TPSA) is 40.6 Å². The molecule has 0 fully saturated rings. The second kappa shape index (κ2) is 7.18. The second-order valence-corrected chi connectivity index (χ2v) is 7.74. The molecular formula is C19H20ClFN2O2S. The molecule has 0 spiro atoms. The second-order valence-electron chi connectivity index (χ2n) is 6.90. The molecule has 2 aliphatic rings. The standard InChI is InChI=1S/C19H20ClFN2O2S/c1-10(22(2)3)17(26)13-8-16(15(21)9-14(13)20)23-18(24)11-6-4-5-7-12(11)19(23)25/h8-10H,4-7H2,1-3H3. The molecule has 1 heterocycles. The van der Waals surface area contributed by atoms with Gasteiger partial charge in [0.2, 0.25) is 0 Å². The molecule has 1 aromatic rings. The number of likely N-dealkylation sites (N-methyl/N-ethyl adjacent to an activating group) is 1. The van der Waals surface area contributed by atoms with Gasteiger partial charge in [-0.1, -0.05) is 23.8 Å². The van der Waals surface area contributed by atoms with Crippen molar-refractivity contribution in [1.82, 2.24) is 4.90 Å². The van der Waals surface area contributed by atoms with E-state index >= 15 is 0 Å². The highest BCUT2D eigenvalue weighted by atomic mass is 35.5. The maximum Gasteiger partial charge on any atom is 0.261 e. The van der Waals surface area contributed by atoms with Gasteiger partial charge in [0.15, 0.2) is 0 Å². The average Bonchev–Trinajstić information content (AvgIpc) is 2.85. The predicted octanol–water partition coefficient (Wildman–Crippen LogP) is 3.89. The Hall–Kier alpha value is -1.63. The van der Waals surface area contributed by atoms with E-state index in [1.807, 2.05) is 25.9 Å². The third-order valence-corrected chi connectivity index (χ3v) is 5.96. The van der Waals surface area contributed by atoms with Gasteiger partial charge in [-0.2, -0.15) is 0 Å². The molecule has 0 bridgehead atoms. The number of imide groups is 1. The molecule has 1 aliphatic carbocycles. The number of nitrogens with zero attached hydrogens (tertiary/aromatic N) is 2. The van der Waals surface area contributed by atoms with Crippen LogP contribution >= 0.6 is 23.8 Å². The largest absolute Gasteiger partial charge is 0.302 e. The van der Waals surface area contributed by atoms with Crippen LogP contribution in [0.1, 0.15) is 38.2 Å². The first-order valence-corrected chi connectivity index (χ1v) is 9.33. The van der Waals surface area contributed by atoms with E-state index in [2.05, 4.69) is 0 Å². The normalized spacial score (nSPS) is 18.6. The third kappa shape index (κ3) is 3.10. The number of carbonyl (C=O) groups is 2. The zero-order valence-electron chi connectivity index (χ0n) is 14.9. The predicted molar refractivity (Wildman–Crippen MR) is 104 cm³/mol. The lowest BCUT2D eigenvalue weighted by Crippen LogP contribution is -2.34. The van der Waals surface area contributed by atoms with Crippen LogP contribution in [0.5, 0.6) is 0 Å². The van der Waals surface area contributed by atoms with E-state index in [4.69, 9.17) is 23.8 Å². The Labute approximate surface area is 162 Å². The number of thiocarbonyl (C=S) groups is 1. The Morgan fingerprint density at radius 1 is 1.19 bits per heavy atom. The Bertz CT molecular complexity index is 822. The summed E-state index contributed by atoms with van der Waals surface area (Å²) in [4.78, 5) is 28.8. The highest BCUT2D eigenvalue weighted by Crippen LogP contribution is 2.38. The first-order valence-electron chi connectivity index (χ1n) is 8.54. The van der Waals surface area contributed by atoms with Crippen LogP contribution in [0.4, 0.5) is 10.1 Å². The van der Waals surface area contributed by atoms with Crippen LogP contribution in [0.15, 0.2) is 23.3 Å². The van der Waals surface area contributed by atoms with Crippen LogP contribution in [-0.2, 0) is 9.59 Å². The van der Waals surface area contributed by atoms with Gasteiger partial charge in [0.05, 0.1) is 10.7 Å². The van der Waals surface area contributed by atoms with Gasteiger partial charge < -0.3 is 4.90 Å². The SMILES string of the molecule is CC(C(=S)c1cc(N2C(=O)C3=C(CCCC3)C2=O)c(F)cc1Cl)N(C)C. The van der Waals surface area contributed by atoms with Crippen LogP contribution < -0.4 is 4.90 Å². The van der Waals surface area contributed by atoms with E-state index in [1.165, 1.54) is 6.07 Å². The number of anilines is 1. The van der Waals surface area contributed by atoms with Gasteiger partial charge in [-0.15, -0.1) is 0 Å². The molecule has 0 saturated heterocycles. The summed E-state index contributed by atoms with van der Waals surface area (Å²) in [5.41, 5.74) is 1.41. The molecule has 0 aromatic heterocycles. The minimum Gasteiger partial charge on any atom is -0.302 e. The van der Waals surface area contributed by atoms with E-state index in [0.717, 1.165) is 23.8 Å². The van der Waals surface area contributed by atoms with Crippen LogP contribution in [0, 0.1) is 5.82 Å². The van der Waals surface area contributed by atoms with Crippen molar-refractivity contribution in [2.24, 2.45) is 0 Å². The van der Waals surface area contributed by atoms with Crippen molar-refractivity contribution < 1.29 is 14.0 Å². The third-order valence-electron chi connectivity index (χ3n) is 5.09. The van der Waals surface area contributed by atoms with Crippen molar-refractivity contribution in [1.29, 1.82) is 0 Å². The zero-order chi connectivity index (χ0) is 19.2. The number of benzene rings is 1. The lowest BCUT2D eigenvalue weighted by atomic mass is 9.93. The minimum atomic E-state index is -0.708. The number of amides is 2. The van der Waals surface area contributed by atoms with E-state index < -0.39 is 17.6 Å². The number of hydrogen-bond donors (Lipinski definition) is 0. The van der Waals surface area contributed by atoms with E-state index in [0.29, 0.717) is 34.4 Å². The Morgan fingerprint density at radius 2 is 1.73 bits per heavy atom. The summed E-state index contributed by atoms with van der Waals surface area (Å²) in [6.45, 7) is 1.91. The Morgan fingerprint density at radius 3 is 2.23 bits per heavy atom. The van der Waals surface area contributed by atoms with Gasteiger partial charge in [0, 0.05) is 27.6 Å². The quantitative estimate of drug-likeness (QED) is 0.441. The van der Waals surface area contributed by atoms with Crippen LogP contribution in [-0.4, -0.2) is 41.7 Å². The summed E-state index contributed by atoms with van der Waals surface area (Å²) in [6.07, 6.45) is 2.86. The van der Waals surface area contributed by atoms with Crippen molar-refractivity contribution >= 4 is 46.2 Å². The lowest BCUT2D eigenvalue weighted by Gasteiger charge is -2.23. The Balaban J connectivity index is 2.04. The van der Waals surface area contributed by atoms with Gasteiger partial charge >= 0.3 is 0 Å². The fraction of sp³-hybridized carbons (Fsp3) is 0.421. The van der Waals surface area contributed by atoms with Gasteiger partial charge in [0.1, 0.15) is 5.82 Å². The average molecular weight is 395 g/mol. The summed E-state index contributed by atoms with van der Waals surface area (Å²) < 4.78 is 14.6. The van der Waals surface area contributed by atoms with Crippen molar-refractivity contribution in [3.63, 3.8) is 0 Å². The molecule has 1 aromatic carbocycles. The first kappa shape index (κ1) is 19.1. The van der Waals surface area contributed by atoms with Crippen LogP contribution in [0.2, 0.25) is 5.02 Å². The molecule has 0 radical (unpaired) electrons. The fourth-order valence-electron chi connectivity index (χ4n) is 3.32. The summed E-state index contributed by atoms with van der Waals surface area (Å²) in [7, 11) is 3.75. The maximum absolute atomic E-state index is 14.6. The molecule has 3 rings (SSSR count). The van der Waals surface area contributed by atoms with Gasteiger partial charge in [-0.25, -0.2) is 9.29 Å². The molecular weight excluding hydrogens is 375 g/mol. The molecule has 26 heavy (non-hydrogen) atoms. The maximum atomic E-state index is 14.6. The minimum absolute atomic E-state index is 0.0814. The molecule has 1 aliphatic heterocycles. The van der Waals surface area contributed by atoms with Gasteiger partial charge in [-0.05, 0) is 58.8 Å². The van der Waals surface area contributed by atoms with E-state index in [1.54, 1.807) is 0 Å². The van der Waals surface area contributed by atoms with E-state index in [9.17, 15) is 14.0 Å². The summed E-state index contributed by atoms with van der Waals surface area (Å²) in [5, 5.41) is 0.168. The smallest absolute Gasteiger partial charge is 0.261 e. The molecule has 138 valence electrons. The highest BCUT2D eigenvalue weighted by molar-refractivity contribution is 7.81. The molecule has 0 N–H and O–H groups in total. The molecule has 1 atom stereocenters. The fourth-order valence-corrected chi connectivity index (χ4v) is 4.00. The molecule has 2 amide bonds. The van der Waals surface area contributed by atoms with Crippen LogP contribution in [0.3, 0.4) is 0 Å². The first-order chi connectivity index (χ1) is 12.2. The molecule has 7 heteroatoms. The van der Waals surface area contributed by atoms with Crippen molar-refractivity contribution in [3.8, 4) is 0 Å². The summed E-state index contributed by atoms with van der Waals surface area (Å²) in [6, 6.07) is 2.43. The lowest BCUT2D eigenvalue weighted by molar-refractivity contribution is -0.120. The summed E-state index contributed by atoms with van der Waals surface area (Å²) >= 11 is 11.7. The molecule has 4 nitrogen and oxygen atoms in total. The number of hydrogen-bond acceptors (Lipinski definition) is 4. The highest BCUT2D eigenvalue weighted by Gasteiger charge is 2.41. The number of carbonyl (C=O) groups excluding carboxylic acids is 2.